The van der Waals surface area contributed by atoms with E-state index in [1.807, 2.05) is 30.3 Å². The number of rotatable bonds is 7. The molecular formula is C23H19N3O4. The molecule has 0 spiro atoms. The number of anilines is 1. The van der Waals surface area contributed by atoms with Crippen LogP contribution in [0.15, 0.2) is 95.2 Å². The molecule has 0 atom stereocenters. The Bertz CT molecular complexity index is 1060. The first-order valence-corrected chi connectivity index (χ1v) is 9.04. The fourth-order valence-corrected chi connectivity index (χ4v) is 2.38. The molecule has 0 saturated carbocycles. The number of carbonyl (C=O) groups excluding carboxylic acids is 2. The molecule has 0 aromatic heterocycles. The molecule has 0 unspecified atom stereocenters. The summed E-state index contributed by atoms with van der Waals surface area (Å²) in [4.78, 5) is 28.8. The molecule has 7 nitrogen and oxygen atoms in total. The van der Waals surface area contributed by atoms with Gasteiger partial charge in [0.25, 0.3) is 5.91 Å². The summed E-state index contributed by atoms with van der Waals surface area (Å²) >= 11 is 0. The lowest BCUT2D eigenvalue weighted by atomic mass is 10.2. The quantitative estimate of drug-likeness (QED) is 0.334. The van der Waals surface area contributed by atoms with E-state index in [0.717, 1.165) is 5.56 Å². The molecule has 0 aliphatic rings. The average Bonchev–Trinajstić information content (AvgIpc) is 2.81. The molecule has 0 fully saturated rings. The van der Waals surface area contributed by atoms with Crippen LogP contribution in [0.1, 0.15) is 15.9 Å². The maximum Gasteiger partial charge on any atom is 0.355 e. The first-order chi connectivity index (χ1) is 14.6. The Labute approximate surface area is 173 Å². The number of hydrogen-bond donors (Lipinski definition) is 1. The highest BCUT2D eigenvalue weighted by Gasteiger charge is 2.05. The van der Waals surface area contributed by atoms with E-state index < -0.39 is 11.9 Å². The van der Waals surface area contributed by atoms with E-state index in [2.05, 4.69) is 15.7 Å². The molecule has 150 valence electrons. The Morgan fingerprint density at radius 2 is 1.70 bits per heavy atom. The maximum atomic E-state index is 12.1. The summed E-state index contributed by atoms with van der Waals surface area (Å²) in [5.41, 5.74) is 4.86. The van der Waals surface area contributed by atoms with Crippen molar-refractivity contribution in [3.05, 3.63) is 96.1 Å². The summed E-state index contributed by atoms with van der Waals surface area (Å²) in [6.07, 6.45) is 2.99. The molecule has 3 rings (SSSR count). The largest absolute Gasteiger partial charge is 0.497 e. The minimum Gasteiger partial charge on any atom is -0.497 e. The Morgan fingerprint density at radius 1 is 0.933 bits per heavy atom. The van der Waals surface area contributed by atoms with Crippen LogP contribution in [0.3, 0.4) is 0 Å². The van der Waals surface area contributed by atoms with Crippen molar-refractivity contribution >= 4 is 29.3 Å². The Balaban J connectivity index is 1.52. The van der Waals surface area contributed by atoms with Crippen molar-refractivity contribution in [2.45, 2.75) is 0 Å². The second kappa shape index (κ2) is 10.3. The summed E-state index contributed by atoms with van der Waals surface area (Å²) in [5, 5.41) is 7.64. The van der Waals surface area contributed by atoms with Gasteiger partial charge < -0.3 is 9.57 Å². The predicted octanol–water partition coefficient (Wildman–Crippen LogP) is 5.20. The van der Waals surface area contributed by atoms with E-state index in [1.54, 1.807) is 54.6 Å². The van der Waals surface area contributed by atoms with Crippen LogP contribution in [0.4, 0.5) is 11.4 Å². The van der Waals surface area contributed by atoms with Gasteiger partial charge in [0.05, 0.1) is 18.5 Å². The third-order valence-electron chi connectivity index (χ3n) is 3.92. The van der Waals surface area contributed by atoms with Crippen molar-refractivity contribution in [1.82, 2.24) is 0 Å². The van der Waals surface area contributed by atoms with Crippen molar-refractivity contribution in [2.24, 2.45) is 10.2 Å². The fourth-order valence-electron chi connectivity index (χ4n) is 2.38. The Morgan fingerprint density at radius 3 is 2.43 bits per heavy atom. The zero-order valence-corrected chi connectivity index (χ0v) is 16.2. The van der Waals surface area contributed by atoms with Gasteiger partial charge in [0.15, 0.2) is 0 Å². The summed E-state index contributed by atoms with van der Waals surface area (Å²) < 4.78 is 5.09. The van der Waals surface area contributed by atoms with Crippen LogP contribution in [-0.2, 0) is 9.63 Å². The molecule has 0 bridgehead atoms. The third-order valence-corrected chi connectivity index (χ3v) is 3.92. The molecule has 0 aliphatic heterocycles. The average molecular weight is 401 g/mol. The second-order valence-corrected chi connectivity index (χ2v) is 6.05. The summed E-state index contributed by atoms with van der Waals surface area (Å²) in [6, 6.07) is 22.7. The van der Waals surface area contributed by atoms with E-state index in [0.29, 0.717) is 22.7 Å². The molecule has 0 saturated heterocycles. The number of azo groups is 1. The monoisotopic (exact) mass is 401 g/mol. The molecule has 1 amide bonds. The van der Waals surface area contributed by atoms with Gasteiger partial charge in [-0.05, 0) is 54.1 Å². The highest BCUT2D eigenvalue weighted by atomic mass is 16.7. The first-order valence-electron chi connectivity index (χ1n) is 9.04. The van der Waals surface area contributed by atoms with Crippen molar-refractivity contribution in [3.63, 3.8) is 0 Å². The van der Waals surface area contributed by atoms with Gasteiger partial charge in [-0.1, -0.05) is 36.4 Å². The van der Waals surface area contributed by atoms with Gasteiger partial charge in [0, 0.05) is 11.6 Å². The fraction of sp³-hybridized carbons (Fsp3) is 0.0435. The highest BCUT2D eigenvalue weighted by Crippen LogP contribution is 2.18. The van der Waals surface area contributed by atoms with Gasteiger partial charge in [-0.25, -0.2) is 10.3 Å². The number of methoxy groups -OCH3 is 1. The Hall–Kier alpha value is -4.26. The summed E-state index contributed by atoms with van der Waals surface area (Å²) in [6.45, 7) is 0. The third kappa shape index (κ3) is 6.13. The predicted molar refractivity (Wildman–Crippen MR) is 113 cm³/mol. The van der Waals surface area contributed by atoms with E-state index in [9.17, 15) is 9.59 Å². The SMILES string of the molecule is COc1cccc(C(=O)N=Nc2ccc(NOC(=O)C=Cc3ccccc3)cc2)c1. The minimum absolute atomic E-state index is 0.381. The zero-order valence-electron chi connectivity index (χ0n) is 16.2. The van der Waals surface area contributed by atoms with Gasteiger partial charge in [0.1, 0.15) is 5.75 Å². The molecule has 0 aliphatic carbocycles. The van der Waals surface area contributed by atoms with E-state index in [4.69, 9.17) is 9.57 Å². The number of nitrogens with one attached hydrogen (secondary N) is 1. The van der Waals surface area contributed by atoms with Crippen LogP contribution in [-0.4, -0.2) is 19.0 Å². The van der Waals surface area contributed by atoms with E-state index in [-0.39, 0.29) is 0 Å². The van der Waals surface area contributed by atoms with Crippen LogP contribution in [0.5, 0.6) is 5.75 Å². The van der Waals surface area contributed by atoms with Gasteiger partial charge >= 0.3 is 5.97 Å². The lowest BCUT2D eigenvalue weighted by Crippen LogP contribution is -2.07. The van der Waals surface area contributed by atoms with Crippen LogP contribution < -0.4 is 10.2 Å². The number of nitrogens with zero attached hydrogens (tertiary/aromatic N) is 2. The van der Waals surface area contributed by atoms with E-state index in [1.165, 1.54) is 13.2 Å². The molecule has 7 heteroatoms. The summed E-state index contributed by atoms with van der Waals surface area (Å²) in [5.74, 6) is -0.443. The Kier molecular flexibility index (Phi) is 7.05. The second-order valence-electron chi connectivity index (χ2n) is 6.05. The normalized spacial score (nSPS) is 10.8. The molecule has 0 radical (unpaired) electrons. The molecule has 30 heavy (non-hydrogen) atoms. The molecule has 0 heterocycles. The standard InChI is InChI=1S/C23H19N3O4/c1-29-21-9-5-8-18(16-21)23(28)25-24-19-11-13-20(14-12-19)26-30-22(27)15-10-17-6-3-2-4-7-17/h2-16,26H,1H3. The van der Waals surface area contributed by atoms with Crippen molar-refractivity contribution in [2.75, 3.05) is 12.6 Å². The van der Waals surface area contributed by atoms with Crippen molar-refractivity contribution in [1.29, 1.82) is 0 Å². The van der Waals surface area contributed by atoms with Crippen molar-refractivity contribution in [3.8, 4) is 5.75 Å². The number of hydrogen-bond acceptors (Lipinski definition) is 6. The molecule has 3 aromatic rings. The topological polar surface area (TPSA) is 89.3 Å². The lowest BCUT2D eigenvalue weighted by molar-refractivity contribution is -0.134. The minimum atomic E-state index is -0.536. The van der Waals surface area contributed by atoms with Gasteiger partial charge in [-0.3, -0.25) is 4.79 Å². The van der Waals surface area contributed by atoms with E-state index >= 15 is 0 Å². The number of carbonyl (C=O) groups is 2. The van der Waals surface area contributed by atoms with Gasteiger partial charge in [-0.15, -0.1) is 10.2 Å². The van der Waals surface area contributed by atoms with Crippen LogP contribution in [0.2, 0.25) is 0 Å². The molecule has 3 aromatic carbocycles. The van der Waals surface area contributed by atoms with Crippen LogP contribution in [0, 0.1) is 0 Å². The molecular weight excluding hydrogens is 382 g/mol. The number of ether oxygens (including phenoxy) is 1. The number of amides is 1. The summed E-state index contributed by atoms with van der Waals surface area (Å²) in [7, 11) is 1.53. The highest BCUT2D eigenvalue weighted by molar-refractivity contribution is 5.95. The van der Waals surface area contributed by atoms with Crippen LogP contribution >= 0.6 is 0 Å². The van der Waals surface area contributed by atoms with Crippen LogP contribution in [0.25, 0.3) is 6.08 Å². The first kappa shape index (κ1) is 20.5. The molecule has 1 N–H and O–H groups in total. The number of benzene rings is 3. The van der Waals surface area contributed by atoms with Gasteiger partial charge in [0.2, 0.25) is 0 Å². The van der Waals surface area contributed by atoms with Crippen molar-refractivity contribution < 1.29 is 19.2 Å². The lowest BCUT2D eigenvalue weighted by Gasteiger charge is -2.04. The van der Waals surface area contributed by atoms with Gasteiger partial charge in [-0.2, -0.15) is 0 Å². The zero-order chi connectivity index (χ0) is 21.2. The smallest absolute Gasteiger partial charge is 0.355 e. The maximum absolute atomic E-state index is 12.1.